The van der Waals surface area contributed by atoms with Gasteiger partial charge in [0.25, 0.3) is 11.8 Å². The van der Waals surface area contributed by atoms with Crippen LogP contribution in [0.3, 0.4) is 0 Å². The number of amides is 2. The number of rotatable bonds is 3. The van der Waals surface area contributed by atoms with E-state index in [9.17, 15) is 9.59 Å². The Morgan fingerprint density at radius 1 is 1.23 bits per heavy atom. The van der Waals surface area contributed by atoms with E-state index in [-0.39, 0.29) is 23.9 Å². The molecule has 0 spiro atoms. The van der Waals surface area contributed by atoms with Crippen LogP contribution in [-0.4, -0.2) is 48.7 Å². The Kier molecular flexibility index (Phi) is 4.70. The predicted molar refractivity (Wildman–Crippen MR) is 81.0 cm³/mol. The molecule has 2 amide bonds. The zero-order valence-corrected chi connectivity index (χ0v) is 12.5. The lowest BCUT2D eigenvalue weighted by Crippen LogP contribution is -2.57. The number of nitrogens with zero attached hydrogens (tertiary/aromatic N) is 1. The van der Waals surface area contributed by atoms with Crippen molar-refractivity contribution in [3.63, 3.8) is 0 Å². The molecule has 118 valence electrons. The third kappa shape index (κ3) is 3.28. The summed E-state index contributed by atoms with van der Waals surface area (Å²) in [5.41, 5.74) is 3.32. The van der Waals surface area contributed by atoms with Gasteiger partial charge in [-0.2, -0.15) is 0 Å². The normalized spacial score (nSPS) is 24.2. The van der Waals surface area contributed by atoms with Gasteiger partial charge in [-0.05, 0) is 37.9 Å². The molecule has 0 aliphatic carbocycles. The molecule has 0 radical (unpaired) electrons. The number of hydrogen-bond acceptors (Lipinski definition) is 4. The number of hydrogen-bond donors (Lipinski definition) is 2. The Balaban J connectivity index is 1.73. The molecule has 0 aromatic heterocycles. The molecule has 1 aromatic rings. The van der Waals surface area contributed by atoms with Gasteiger partial charge in [-0.3, -0.25) is 15.0 Å². The second-order valence-electron chi connectivity index (χ2n) is 5.68. The molecule has 2 saturated heterocycles. The Hall–Kier alpha value is -1.92. The SMILES string of the molecule is O=C(NN(C(=O)C1CCCN1)[C@@H]1CCOC1)c1ccccc1. The molecular formula is C16H21N3O3. The van der Waals surface area contributed by atoms with Gasteiger partial charge in [0.05, 0.1) is 18.7 Å². The van der Waals surface area contributed by atoms with Crippen molar-refractivity contribution in [3.8, 4) is 0 Å². The summed E-state index contributed by atoms with van der Waals surface area (Å²) in [5.74, 6) is -0.337. The van der Waals surface area contributed by atoms with Crippen LogP contribution < -0.4 is 10.7 Å². The zero-order valence-electron chi connectivity index (χ0n) is 12.5. The van der Waals surface area contributed by atoms with Gasteiger partial charge in [-0.25, -0.2) is 5.01 Å². The van der Waals surface area contributed by atoms with Crippen molar-refractivity contribution in [1.82, 2.24) is 15.8 Å². The Bertz CT molecular complexity index is 523. The first-order chi connectivity index (χ1) is 10.8. The summed E-state index contributed by atoms with van der Waals surface area (Å²) < 4.78 is 5.37. The Morgan fingerprint density at radius 3 is 2.68 bits per heavy atom. The molecule has 0 bridgehead atoms. The molecule has 0 saturated carbocycles. The molecule has 6 nitrogen and oxygen atoms in total. The first-order valence-electron chi connectivity index (χ1n) is 7.76. The second-order valence-corrected chi connectivity index (χ2v) is 5.68. The van der Waals surface area contributed by atoms with Gasteiger partial charge in [-0.1, -0.05) is 18.2 Å². The molecule has 6 heteroatoms. The van der Waals surface area contributed by atoms with E-state index in [0.29, 0.717) is 18.8 Å². The summed E-state index contributed by atoms with van der Waals surface area (Å²) in [4.78, 5) is 25.1. The quantitative estimate of drug-likeness (QED) is 0.807. The van der Waals surface area contributed by atoms with Crippen LogP contribution in [0, 0.1) is 0 Å². The van der Waals surface area contributed by atoms with Crippen molar-refractivity contribution >= 4 is 11.8 Å². The summed E-state index contributed by atoms with van der Waals surface area (Å²) in [6.45, 7) is 1.93. The summed E-state index contributed by atoms with van der Waals surface area (Å²) in [6.07, 6.45) is 2.54. The van der Waals surface area contributed by atoms with Crippen LogP contribution in [0.25, 0.3) is 0 Å². The third-order valence-corrected chi connectivity index (χ3v) is 4.12. The zero-order chi connectivity index (χ0) is 15.4. The molecule has 2 atom stereocenters. The van der Waals surface area contributed by atoms with Crippen LogP contribution in [0.15, 0.2) is 30.3 Å². The van der Waals surface area contributed by atoms with Crippen LogP contribution in [0.4, 0.5) is 0 Å². The van der Waals surface area contributed by atoms with E-state index in [4.69, 9.17) is 4.74 Å². The molecule has 2 aliphatic heterocycles. The lowest BCUT2D eigenvalue weighted by atomic mass is 10.1. The minimum absolute atomic E-state index is 0.0720. The molecular weight excluding hydrogens is 282 g/mol. The van der Waals surface area contributed by atoms with Crippen LogP contribution in [0.2, 0.25) is 0 Å². The molecule has 22 heavy (non-hydrogen) atoms. The Morgan fingerprint density at radius 2 is 2.05 bits per heavy atom. The van der Waals surface area contributed by atoms with Gasteiger partial charge in [0.2, 0.25) is 0 Å². The minimum Gasteiger partial charge on any atom is -0.379 e. The number of benzene rings is 1. The lowest BCUT2D eigenvalue weighted by molar-refractivity contribution is -0.138. The average molecular weight is 303 g/mol. The van der Waals surface area contributed by atoms with Gasteiger partial charge >= 0.3 is 0 Å². The molecule has 2 aliphatic rings. The molecule has 1 aromatic carbocycles. The fourth-order valence-corrected chi connectivity index (χ4v) is 2.88. The van der Waals surface area contributed by atoms with Gasteiger partial charge in [-0.15, -0.1) is 0 Å². The van der Waals surface area contributed by atoms with Gasteiger partial charge in [0.15, 0.2) is 0 Å². The first-order valence-corrected chi connectivity index (χ1v) is 7.76. The maximum Gasteiger partial charge on any atom is 0.269 e. The first kappa shape index (κ1) is 15.0. The van der Waals surface area contributed by atoms with E-state index >= 15 is 0 Å². The third-order valence-electron chi connectivity index (χ3n) is 4.12. The van der Waals surface area contributed by atoms with Crippen LogP contribution in [-0.2, 0) is 9.53 Å². The maximum absolute atomic E-state index is 12.7. The molecule has 2 fully saturated rings. The number of hydrazine groups is 1. The highest BCUT2D eigenvalue weighted by Gasteiger charge is 2.34. The Labute approximate surface area is 129 Å². The number of carbonyl (C=O) groups is 2. The standard InChI is InChI=1S/C16H21N3O3/c20-15(12-5-2-1-3-6-12)18-19(13-8-10-22-11-13)16(21)14-7-4-9-17-14/h1-3,5-6,13-14,17H,4,7-11H2,(H,18,20)/t13-,14?/m1/s1. The maximum atomic E-state index is 12.7. The predicted octanol–water partition coefficient (Wildman–Crippen LogP) is 0.701. The fraction of sp³-hybridized carbons (Fsp3) is 0.500. The van der Waals surface area contributed by atoms with Crippen molar-refractivity contribution in [3.05, 3.63) is 35.9 Å². The van der Waals surface area contributed by atoms with Gasteiger partial charge < -0.3 is 10.1 Å². The van der Waals surface area contributed by atoms with Crippen molar-refractivity contribution in [2.45, 2.75) is 31.3 Å². The molecule has 2 heterocycles. The average Bonchev–Trinajstić information content (AvgIpc) is 3.25. The number of carbonyl (C=O) groups excluding carboxylic acids is 2. The highest BCUT2D eigenvalue weighted by Crippen LogP contribution is 2.15. The van der Waals surface area contributed by atoms with Crippen molar-refractivity contribution in [2.75, 3.05) is 19.8 Å². The van der Waals surface area contributed by atoms with Crippen LogP contribution in [0.5, 0.6) is 0 Å². The highest BCUT2D eigenvalue weighted by atomic mass is 16.5. The highest BCUT2D eigenvalue weighted by molar-refractivity contribution is 5.96. The molecule has 2 N–H and O–H groups in total. The van der Waals surface area contributed by atoms with E-state index in [0.717, 1.165) is 25.8 Å². The van der Waals surface area contributed by atoms with Crippen molar-refractivity contribution < 1.29 is 14.3 Å². The summed E-state index contributed by atoms with van der Waals surface area (Å²) >= 11 is 0. The number of ether oxygens (including phenoxy) is 1. The molecule has 3 rings (SSSR count). The monoisotopic (exact) mass is 303 g/mol. The van der Waals surface area contributed by atoms with Crippen LogP contribution >= 0.6 is 0 Å². The number of nitrogens with one attached hydrogen (secondary N) is 2. The van der Waals surface area contributed by atoms with E-state index in [1.807, 2.05) is 6.07 Å². The fourth-order valence-electron chi connectivity index (χ4n) is 2.88. The summed E-state index contributed by atoms with van der Waals surface area (Å²) in [5, 5.41) is 4.67. The van der Waals surface area contributed by atoms with E-state index in [1.165, 1.54) is 5.01 Å². The summed E-state index contributed by atoms with van der Waals surface area (Å²) in [7, 11) is 0. The van der Waals surface area contributed by atoms with E-state index in [1.54, 1.807) is 24.3 Å². The minimum atomic E-state index is -0.265. The smallest absolute Gasteiger partial charge is 0.269 e. The lowest BCUT2D eigenvalue weighted by Gasteiger charge is -2.30. The van der Waals surface area contributed by atoms with Crippen molar-refractivity contribution in [1.29, 1.82) is 0 Å². The van der Waals surface area contributed by atoms with Crippen LogP contribution in [0.1, 0.15) is 29.6 Å². The largest absolute Gasteiger partial charge is 0.379 e. The topological polar surface area (TPSA) is 70.7 Å². The van der Waals surface area contributed by atoms with Crippen molar-refractivity contribution in [2.24, 2.45) is 0 Å². The van der Waals surface area contributed by atoms with Gasteiger partial charge in [0.1, 0.15) is 0 Å². The van der Waals surface area contributed by atoms with E-state index < -0.39 is 0 Å². The summed E-state index contributed by atoms with van der Waals surface area (Å²) in [6, 6.07) is 8.62. The molecule has 1 unspecified atom stereocenters. The van der Waals surface area contributed by atoms with Gasteiger partial charge in [0, 0.05) is 12.2 Å². The second kappa shape index (κ2) is 6.89. The van der Waals surface area contributed by atoms with E-state index in [2.05, 4.69) is 10.7 Å².